The second kappa shape index (κ2) is 6.20. The summed E-state index contributed by atoms with van der Waals surface area (Å²) in [6, 6.07) is 0. The highest BCUT2D eigenvalue weighted by atomic mass is 79.9. The summed E-state index contributed by atoms with van der Waals surface area (Å²) in [5, 5.41) is 0. The van der Waals surface area contributed by atoms with Gasteiger partial charge in [-0.2, -0.15) is 0 Å². The van der Waals surface area contributed by atoms with Crippen molar-refractivity contribution in [3.05, 3.63) is 12.3 Å². The molecule has 0 spiro atoms. The molecular weight excluding hydrogens is 336 g/mol. The van der Waals surface area contributed by atoms with Gasteiger partial charge in [-0.05, 0) is 6.42 Å². The van der Waals surface area contributed by atoms with Crippen LogP contribution >= 0.6 is 31.9 Å². The Morgan fingerprint density at radius 3 is 2.50 bits per heavy atom. The van der Waals surface area contributed by atoms with Crippen LogP contribution < -0.4 is 0 Å². The predicted octanol–water partition coefficient (Wildman–Crippen LogP) is 4.31. The third-order valence-electron chi connectivity index (χ3n) is 2.94. The predicted molar refractivity (Wildman–Crippen MR) is 73.0 cm³/mol. The van der Waals surface area contributed by atoms with Crippen LogP contribution in [-0.4, -0.2) is 15.1 Å². The number of alkyl halides is 2. The van der Waals surface area contributed by atoms with Crippen LogP contribution in [0.25, 0.3) is 0 Å². The molecule has 0 unspecified atom stereocenters. The first-order valence-electron chi connectivity index (χ1n) is 5.76. The van der Waals surface area contributed by atoms with Crippen molar-refractivity contribution < 1.29 is 9.53 Å². The second-order valence-electron chi connectivity index (χ2n) is 4.23. The number of allylic oxidation sites excluding steroid dienone is 1. The molecular formula is C12H18Br2O2. The van der Waals surface area contributed by atoms with Crippen LogP contribution in [0.2, 0.25) is 0 Å². The van der Waals surface area contributed by atoms with Gasteiger partial charge in [0, 0.05) is 0 Å². The van der Waals surface area contributed by atoms with E-state index >= 15 is 0 Å². The van der Waals surface area contributed by atoms with E-state index in [1.54, 1.807) is 0 Å². The van der Waals surface area contributed by atoms with Gasteiger partial charge in [0.25, 0.3) is 0 Å². The van der Waals surface area contributed by atoms with E-state index in [4.69, 9.17) is 4.74 Å². The smallest absolute Gasteiger partial charge is 0.326 e. The molecule has 1 aliphatic rings. The van der Waals surface area contributed by atoms with Gasteiger partial charge < -0.3 is 4.74 Å². The minimum Gasteiger partial charge on any atom is -0.429 e. The molecule has 0 aliphatic carbocycles. The molecule has 0 aromatic carbocycles. The Bertz CT molecular complexity index is 278. The van der Waals surface area contributed by atoms with Gasteiger partial charge in [-0.15, -0.1) is 0 Å². The largest absolute Gasteiger partial charge is 0.429 e. The Hall–Kier alpha value is 0.170. The van der Waals surface area contributed by atoms with Crippen molar-refractivity contribution >= 4 is 37.8 Å². The zero-order valence-corrected chi connectivity index (χ0v) is 12.8. The molecule has 1 saturated heterocycles. The molecule has 0 bridgehead atoms. The number of esters is 1. The van der Waals surface area contributed by atoms with E-state index in [0.717, 1.165) is 12.8 Å². The summed E-state index contributed by atoms with van der Waals surface area (Å²) in [6.45, 7) is 6.00. The summed E-state index contributed by atoms with van der Waals surface area (Å²) < 4.78 is 4.63. The molecule has 1 rings (SSSR count). The van der Waals surface area contributed by atoms with E-state index < -0.39 is 4.32 Å². The molecule has 0 aromatic rings. The number of hydrogen-bond donors (Lipinski definition) is 0. The standard InChI is InChI=1S/C12H18Br2O2/c1-3-4-5-6-7-8-12(14)9(2)16-11(15)10(12)13/h10H,2-8H2,1H3/t10-,12+/m0/s1. The van der Waals surface area contributed by atoms with Gasteiger partial charge in [-0.3, -0.25) is 4.79 Å². The van der Waals surface area contributed by atoms with Gasteiger partial charge in [-0.25, -0.2) is 0 Å². The maximum absolute atomic E-state index is 11.4. The van der Waals surface area contributed by atoms with Crippen molar-refractivity contribution in [2.75, 3.05) is 0 Å². The molecule has 0 radical (unpaired) electrons. The SMILES string of the molecule is C=C1OC(=O)[C@H](Br)[C@@]1(Br)CCCCCCC. The Labute approximate surface area is 114 Å². The highest BCUT2D eigenvalue weighted by Crippen LogP contribution is 2.45. The maximum Gasteiger partial charge on any atom is 0.326 e. The summed E-state index contributed by atoms with van der Waals surface area (Å²) in [4.78, 5) is 11.1. The Balaban J connectivity index is 2.39. The third kappa shape index (κ3) is 3.10. The van der Waals surface area contributed by atoms with Gasteiger partial charge >= 0.3 is 5.97 Å². The van der Waals surface area contributed by atoms with Crippen LogP contribution in [0.3, 0.4) is 0 Å². The first-order chi connectivity index (χ1) is 7.52. The first kappa shape index (κ1) is 14.2. The minimum absolute atomic E-state index is 0.240. The first-order valence-corrected chi connectivity index (χ1v) is 7.47. The quantitative estimate of drug-likeness (QED) is 0.404. The lowest BCUT2D eigenvalue weighted by atomic mass is 9.97. The number of rotatable bonds is 6. The zero-order chi connectivity index (χ0) is 12.2. The van der Waals surface area contributed by atoms with Crippen LogP contribution in [0.5, 0.6) is 0 Å². The van der Waals surface area contributed by atoms with Crippen LogP contribution in [0.4, 0.5) is 0 Å². The maximum atomic E-state index is 11.4. The van der Waals surface area contributed by atoms with Crippen molar-refractivity contribution in [1.29, 1.82) is 0 Å². The molecule has 2 atom stereocenters. The van der Waals surface area contributed by atoms with Gasteiger partial charge in [0.2, 0.25) is 0 Å². The molecule has 1 aliphatic heterocycles. The van der Waals surface area contributed by atoms with Crippen LogP contribution in [0.15, 0.2) is 12.3 Å². The van der Waals surface area contributed by atoms with Gasteiger partial charge in [-0.1, -0.05) is 77.5 Å². The number of ether oxygens (including phenoxy) is 1. The molecule has 4 heteroatoms. The number of halogens is 2. The molecule has 1 heterocycles. The lowest BCUT2D eigenvalue weighted by Gasteiger charge is -2.22. The van der Waals surface area contributed by atoms with E-state index in [1.165, 1.54) is 25.7 Å². The third-order valence-corrected chi connectivity index (χ3v) is 6.01. The summed E-state index contributed by atoms with van der Waals surface area (Å²) >= 11 is 6.96. The molecule has 92 valence electrons. The fraction of sp³-hybridized carbons (Fsp3) is 0.750. The van der Waals surface area contributed by atoms with Crippen molar-refractivity contribution in [2.45, 2.75) is 54.6 Å². The van der Waals surface area contributed by atoms with E-state index in [9.17, 15) is 4.79 Å². The Morgan fingerprint density at radius 2 is 2.00 bits per heavy atom. The van der Waals surface area contributed by atoms with E-state index in [0.29, 0.717) is 5.76 Å². The van der Waals surface area contributed by atoms with Crippen molar-refractivity contribution in [1.82, 2.24) is 0 Å². The fourth-order valence-electron chi connectivity index (χ4n) is 1.84. The Kier molecular flexibility index (Phi) is 5.51. The van der Waals surface area contributed by atoms with Gasteiger partial charge in [0.05, 0.1) is 0 Å². The summed E-state index contributed by atoms with van der Waals surface area (Å²) in [7, 11) is 0. The lowest BCUT2D eigenvalue weighted by molar-refractivity contribution is -0.134. The number of carbonyl (C=O) groups excluding carboxylic acids is 1. The molecule has 1 fully saturated rings. The summed E-state index contributed by atoms with van der Waals surface area (Å²) in [5.74, 6) is 0.297. The van der Waals surface area contributed by atoms with E-state index in [-0.39, 0.29) is 10.8 Å². The molecule has 2 nitrogen and oxygen atoms in total. The Morgan fingerprint density at radius 1 is 1.38 bits per heavy atom. The van der Waals surface area contributed by atoms with Crippen molar-refractivity contribution in [3.63, 3.8) is 0 Å². The topological polar surface area (TPSA) is 26.3 Å². The van der Waals surface area contributed by atoms with E-state index in [2.05, 4.69) is 45.4 Å². The number of unbranched alkanes of at least 4 members (excludes halogenated alkanes) is 4. The lowest BCUT2D eigenvalue weighted by Crippen LogP contribution is -2.30. The normalized spacial score (nSPS) is 29.6. The molecule has 0 amide bonds. The van der Waals surface area contributed by atoms with Gasteiger partial charge in [0.15, 0.2) is 0 Å². The monoisotopic (exact) mass is 352 g/mol. The molecule has 0 saturated carbocycles. The fourth-order valence-corrected chi connectivity index (χ4v) is 2.96. The second-order valence-corrected chi connectivity index (χ2v) is 6.56. The summed E-state index contributed by atoms with van der Waals surface area (Å²) in [6.07, 6.45) is 6.95. The van der Waals surface area contributed by atoms with E-state index in [1.807, 2.05) is 0 Å². The average molecular weight is 354 g/mol. The average Bonchev–Trinajstić information content (AvgIpc) is 2.43. The minimum atomic E-state index is -0.406. The highest BCUT2D eigenvalue weighted by Gasteiger charge is 2.50. The van der Waals surface area contributed by atoms with Crippen LogP contribution in [0, 0.1) is 0 Å². The number of hydrogen-bond acceptors (Lipinski definition) is 2. The number of cyclic esters (lactones) is 1. The number of carbonyl (C=O) groups is 1. The van der Waals surface area contributed by atoms with Crippen LogP contribution in [0.1, 0.15) is 45.4 Å². The zero-order valence-electron chi connectivity index (χ0n) is 9.60. The summed E-state index contributed by atoms with van der Waals surface area (Å²) in [5.41, 5.74) is 0. The van der Waals surface area contributed by atoms with Crippen molar-refractivity contribution in [2.24, 2.45) is 0 Å². The van der Waals surface area contributed by atoms with Crippen molar-refractivity contribution in [3.8, 4) is 0 Å². The van der Waals surface area contributed by atoms with Crippen LogP contribution in [-0.2, 0) is 9.53 Å². The highest BCUT2D eigenvalue weighted by molar-refractivity contribution is 9.13. The molecule has 16 heavy (non-hydrogen) atoms. The molecule has 0 N–H and O–H groups in total. The molecule has 0 aromatic heterocycles. The van der Waals surface area contributed by atoms with Gasteiger partial charge in [0.1, 0.15) is 14.9 Å².